The van der Waals surface area contributed by atoms with Crippen molar-refractivity contribution in [3.05, 3.63) is 34.5 Å². The molecule has 1 aliphatic rings. The third-order valence-electron chi connectivity index (χ3n) is 3.96. The number of hydrogen-bond acceptors (Lipinski definition) is 6. The number of rotatable bonds is 3. The summed E-state index contributed by atoms with van der Waals surface area (Å²) in [5, 5.41) is 7.75. The van der Waals surface area contributed by atoms with E-state index in [9.17, 15) is 4.79 Å². The lowest BCUT2D eigenvalue weighted by Gasteiger charge is -2.34. The molecule has 7 nitrogen and oxygen atoms in total. The minimum Gasteiger partial charge on any atom is -0.361 e. The van der Waals surface area contributed by atoms with Gasteiger partial charge in [0.15, 0.2) is 5.76 Å². The predicted octanol–water partition coefficient (Wildman–Crippen LogP) is 1.55. The maximum absolute atomic E-state index is 12.5. The van der Waals surface area contributed by atoms with Gasteiger partial charge in [-0.2, -0.15) is 0 Å². The Kier molecular flexibility index (Phi) is 3.98. The average Bonchev–Trinajstić information content (AvgIpc) is 3.05. The number of aryl methyl sites for hydroxylation is 3. The SMILES string of the molecule is Cc1cc(CN2CCN(C(=O)c3c(C)noc3C)CC2)on1. The lowest BCUT2D eigenvalue weighted by molar-refractivity contribution is 0.0615. The van der Waals surface area contributed by atoms with Gasteiger partial charge in [-0.1, -0.05) is 10.3 Å². The number of carbonyl (C=O) groups is 1. The Balaban J connectivity index is 1.58. The fourth-order valence-corrected chi connectivity index (χ4v) is 2.77. The van der Waals surface area contributed by atoms with Crippen molar-refractivity contribution >= 4 is 5.91 Å². The Morgan fingerprint density at radius 3 is 2.41 bits per heavy atom. The van der Waals surface area contributed by atoms with Crippen LogP contribution in [0.1, 0.15) is 33.3 Å². The minimum absolute atomic E-state index is 0.00593. The zero-order chi connectivity index (χ0) is 15.7. The average molecular weight is 304 g/mol. The smallest absolute Gasteiger partial charge is 0.259 e. The van der Waals surface area contributed by atoms with Gasteiger partial charge in [-0.3, -0.25) is 9.69 Å². The molecule has 3 rings (SSSR count). The van der Waals surface area contributed by atoms with Crippen molar-refractivity contribution in [3.63, 3.8) is 0 Å². The van der Waals surface area contributed by atoms with Crippen LogP contribution in [0.3, 0.4) is 0 Å². The molecule has 1 amide bonds. The van der Waals surface area contributed by atoms with Crippen LogP contribution in [0.4, 0.5) is 0 Å². The molecule has 0 saturated carbocycles. The zero-order valence-corrected chi connectivity index (χ0v) is 13.1. The van der Waals surface area contributed by atoms with Gasteiger partial charge in [0.25, 0.3) is 5.91 Å². The molecule has 1 fully saturated rings. The van der Waals surface area contributed by atoms with Gasteiger partial charge in [0.05, 0.1) is 17.9 Å². The van der Waals surface area contributed by atoms with E-state index in [2.05, 4.69) is 15.2 Å². The molecule has 2 aromatic rings. The largest absolute Gasteiger partial charge is 0.361 e. The van der Waals surface area contributed by atoms with E-state index in [0.29, 0.717) is 30.1 Å². The van der Waals surface area contributed by atoms with Crippen LogP contribution in [-0.4, -0.2) is 52.2 Å². The molecule has 0 atom stereocenters. The van der Waals surface area contributed by atoms with Crippen molar-refractivity contribution in [1.82, 2.24) is 20.1 Å². The molecule has 2 aromatic heterocycles. The molecule has 3 heterocycles. The van der Waals surface area contributed by atoms with E-state index in [1.165, 1.54) is 0 Å². The Hall–Kier alpha value is -2.15. The highest BCUT2D eigenvalue weighted by molar-refractivity contribution is 5.96. The van der Waals surface area contributed by atoms with Crippen molar-refractivity contribution < 1.29 is 13.8 Å². The Morgan fingerprint density at radius 1 is 1.14 bits per heavy atom. The molecule has 0 N–H and O–H groups in total. The first-order valence-electron chi connectivity index (χ1n) is 7.41. The maximum Gasteiger partial charge on any atom is 0.259 e. The molecule has 0 bridgehead atoms. The number of nitrogens with zero attached hydrogens (tertiary/aromatic N) is 4. The molecule has 0 aromatic carbocycles. The van der Waals surface area contributed by atoms with Crippen molar-refractivity contribution in [3.8, 4) is 0 Å². The fraction of sp³-hybridized carbons (Fsp3) is 0.533. The molecule has 7 heteroatoms. The van der Waals surface area contributed by atoms with Gasteiger partial charge in [0, 0.05) is 32.2 Å². The molecule has 22 heavy (non-hydrogen) atoms. The summed E-state index contributed by atoms with van der Waals surface area (Å²) in [6, 6.07) is 1.95. The van der Waals surface area contributed by atoms with Crippen LogP contribution in [0.15, 0.2) is 15.1 Å². The van der Waals surface area contributed by atoms with E-state index < -0.39 is 0 Å². The van der Waals surface area contributed by atoms with Gasteiger partial charge < -0.3 is 13.9 Å². The number of amides is 1. The third-order valence-corrected chi connectivity index (χ3v) is 3.96. The van der Waals surface area contributed by atoms with Gasteiger partial charge in [-0.25, -0.2) is 0 Å². The molecule has 0 radical (unpaired) electrons. The third kappa shape index (κ3) is 2.89. The maximum atomic E-state index is 12.5. The van der Waals surface area contributed by atoms with Crippen LogP contribution in [0, 0.1) is 20.8 Å². The van der Waals surface area contributed by atoms with Crippen molar-refractivity contribution in [2.75, 3.05) is 26.2 Å². The minimum atomic E-state index is 0.00593. The normalized spacial score (nSPS) is 16.2. The lowest BCUT2D eigenvalue weighted by atomic mass is 10.1. The van der Waals surface area contributed by atoms with E-state index in [0.717, 1.165) is 31.1 Å². The van der Waals surface area contributed by atoms with Crippen LogP contribution in [-0.2, 0) is 6.54 Å². The van der Waals surface area contributed by atoms with E-state index in [1.54, 1.807) is 13.8 Å². The summed E-state index contributed by atoms with van der Waals surface area (Å²) >= 11 is 0. The lowest BCUT2D eigenvalue weighted by Crippen LogP contribution is -2.48. The second kappa shape index (κ2) is 5.92. The standard InChI is InChI=1S/C15H20N4O3/c1-10-8-13(22-16-10)9-18-4-6-19(7-5-18)15(20)14-11(2)17-21-12(14)3/h8H,4-7,9H2,1-3H3. The first-order valence-corrected chi connectivity index (χ1v) is 7.41. The molecule has 0 unspecified atom stereocenters. The molecule has 1 aliphatic heterocycles. The zero-order valence-electron chi connectivity index (χ0n) is 13.1. The van der Waals surface area contributed by atoms with Crippen molar-refractivity contribution in [2.45, 2.75) is 27.3 Å². The van der Waals surface area contributed by atoms with Gasteiger partial charge in [-0.15, -0.1) is 0 Å². The summed E-state index contributed by atoms with van der Waals surface area (Å²) in [5.74, 6) is 1.46. The highest BCUT2D eigenvalue weighted by Crippen LogP contribution is 2.17. The molecule has 0 spiro atoms. The van der Waals surface area contributed by atoms with E-state index in [1.807, 2.05) is 17.9 Å². The summed E-state index contributed by atoms with van der Waals surface area (Å²) < 4.78 is 10.3. The van der Waals surface area contributed by atoms with Crippen LogP contribution in [0.2, 0.25) is 0 Å². The van der Waals surface area contributed by atoms with Crippen LogP contribution in [0.25, 0.3) is 0 Å². The van der Waals surface area contributed by atoms with Gasteiger partial charge in [-0.05, 0) is 20.8 Å². The summed E-state index contributed by atoms with van der Waals surface area (Å²) in [6.45, 7) is 9.22. The van der Waals surface area contributed by atoms with Crippen LogP contribution in [0.5, 0.6) is 0 Å². The number of aromatic nitrogens is 2. The Labute approximate surface area is 128 Å². The van der Waals surface area contributed by atoms with Crippen LogP contribution < -0.4 is 0 Å². The fourth-order valence-electron chi connectivity index (χ4n) is 2.77. The summed E-state index contributed by atoms with van der Waals surface area (Å²) in [6.07, 6.45) is 0. The first kappa shape index (κ1) is 14.8. The quantitative estimate of drug-likeness (QED) is 0.856. The van der Waals surface area contributed by atoms with Gasteiger partial charge >= 0.3 is 0 Å². The number of piperazine rings is 1. The highest BCUT2D eigenvalue weighted by Gasteiger charge is 2.26. The van der Waals surface area contributed by atoms with Gasteiger partial charge in [0.1, 0.15) is 11.3 Å². The topological polar surface area (TPSA) is 75.6 Å². The van der Waals surface area contributed by atoms with E-state index >= 15 is 0 Å². The monoisotopic (exact) mass is 304 g/mol. The Morgan fingerprint density at radius 2 is 1.86 bits per heavy atom. The summed E-state index contributed by atoms with van der Waals surface area (Å²) in [4.78, 5) is 16.7. The molecule has 0 aliphatic carbocycles. The first-order chi connectivity index (χ1) is 10.5. The summed E-state index contributed by atoms with van der Waals surface area (Å²) in [7, 11) is 0. The second-order valence-corrected chi connectivity index (χ2v) is 5.70. The van der Waals surface area contributed by atoms with Crippen molar-refractivity contribution in [2.24, 2.45) is 0 Å². The summed E-state index contributed by atoms with van der Waals surface area (Å²) in [5.41, 5.74) is 2.14. The molecule has 1 saturated heterocycles. The Bertz CT molecular complexity index is 649. The molecule has 118 valence electrons. The van der Waals surface area contributed by atoms with Gasteiger partial charge in [0.2, 0.25) is 0 Å². The van der Waals surface area contributed by atoms with E-state index in [-0.39, 0.29) is 5.91 Å². The number of hydrogen-bond donors (Lipinski definition) is 0. The molecular formula is C15H20N4O3. The van der Waals surface area contributed by atoms with E-state index in [4.69, 9.17) is 9.05 Å². The number of carbonyl (C=O) groups excluding carboxylic acids is 1. The predicted molar refractivity (Wildman–Crippen MR) is 78.4 cm³/mol. The van der Waals surface area contributed by atoms with Crippen LogP contribution >= 0.6 is 0 Å². The molecular weight excluding hydrogens is 284 g/mol. The highest BCUT2D eigenvalue weighted by atomic mass is 16.5. The van der Waals surface area contributed by atoms with Crippen molar-refractivity contribution in [1.29, 1.82) is 0 Å². The second-order valence-electron chi connectivity index (χ2n) is 5.70.